The summed E-state index contributed by atoms with van der Waals surface area (Å²) in [5, 5.41) is 2.94. The molecule has 0 spiro atoms. The lowest BCUT2D eigenvalue weighted by molar-refractivity contribution is 0.0951. The number of rotatable bonds is 6. The smallest absolute Gasteiger partial charge is 0.255 e. The molecular weight excluding hydrogens is 338 g/mol. The van der Waals surface area contributed by atoms with Gasteiger partial charge in [-0.05, 0) is 36.4 Å². The van der Waals surface area contributed by atoms with Crippen molar-refractivity contribution in [3.05, 3.63) is 90.3 Å². The Bertz CT molecular complexity index is 1020. The highest BCUT2D eigenvalue weighted by molar-refractivity contribution is 5.97. The van der Waals surface area contributed by atoms with Gasteiger partial charge in [0.15, 0.2) is 0 Å². The molecule has 0 unspecified atom stereocenters. The SMILES string of the molecule is O=C(NCCc1nc2ccccc2[nH]1)c1ccccc1Oc1ccccc1. The number of aromatic nitrogens is 2. The lowest BCUT2D eigenvalue weighted by atomic mass is 10.2. The van der Waals surface area contributed by atoms with Crippen molar-refractivity contribution < 1.29 is 9.53 Å². The van der Waals surface area contributed by atoms with Crippen molar-refractivity contribution in [3.63, 3.8) is 0 Å². The highest BCUT2D eigenvalue weighted by Gasteiger charge is 2.12. The Balaban J connectivity index is 1.41. The number of nitrogens with one attached hydrogen (secondary N) is 2. The second-order valence-electron chi connectivity index (χ2n) is 6.12. The number of carbonyl (C=O) groups excluding carboxylic acids is 1. The van der Waals surface area contributed by atoms with E-state index in [4.69, 9.17) is 4.74 Å². The van der Waals surface area contributed by atoms with E-state index in [1.54, 1.807) is 12.1 Å². The Morgan fingerprint density at radius 1 is 0.926 bits per heavy atom. The molecule has 0 aliphatic carbocycles. The second-order valence-corrected chi connectivity index (χ2v) is 6.12. The monoisotopic (exact) mass is 357 g/mol. The van der Waals surface area contributed by atoms with Gasteiger partial charge in [0.1, 0.15) is 17.3 Å². The standard InChI is InChI=1S/C22H19N3O2/c26-22(23-15-14-21-24-18-11-5-6-12-19(18)25-21)17-10-4-7-13-20(17)27-16-8-2-1-3-9-16/h1-13H,14-15H2,(H,23,26)(H,24,25). The number of carbonyl (C=O) groups is 1. The molecule has 4 rings (SSSR count). The van der Waals surface area contributed by atoms with E-state index >= 15 is 0 Å². The van der Waals surface area contributed by atoms with Gasteiger partial charge in [0, 0.05) is 13.0 Å². The number of hydrogen-bond donors (Lipinski definition) is 2. The third-order valence-corrected chi connectivity index (χ3v) is 4.19. The van der Waals surface area contributed by atoms with Crippen molar-refractivity contribution in [2.24, 2.45) is 0 Å². The number of hydrogen-bond acceptors (Lipinski definition) is 3. The van der Waals surface area contributed by atoms with E-state index in [9.17, 15) is 4.79 Å². The molecule has 2 N–H and O–H groups in total. The van der Waals surface area contributed by atoms with Crippen molar-refractivity contribution in [1.29, 1.82) is 0 Å². The van der Waals surface area contributed by atoms with Gasteiger partial charge in [-0.3, -0.25) is 4.79 Å². The first-order valence-corrected chi connectivity index (χ1v) is 8.83. The maximum absolute atomic E-state index is 12.6. The van der Waals surface area contributed by atoms with Gasteiger partial charge in [0.2, 0.25) is 0 Å². The van der Waals surface area contributed by atoms with Crippen LogP contribution in [0.2, 0.25) is 0 Å². The summed E-state index contributed by atoms with van der Waals surface area (Å²) in [6.07, 6.45) is 0.627. The minimum atomic E-state index is -0.169. The van der Waals surface area contributed by atoms with Crippen molar-refractivity contribution >= 4 is 16.9 Å². The number of fused-ring (bicyclic) bond motifs is 1. The number of amides is 1. The van der Waals surface area contributed by atoms with Gasteiger partial charge in [-0.15, -0.1) is 0 Å². The average Bonchev–Trinajstić information content (AvgIpc) is 3.12. The normalized spacial score (nSPS) is 10.7. The number of nitrogens with zero attached hydrogens (tertiary/aromatic N) is 1. The molecule has 0 saturated heterocycles. The molecule has 0 aliphatic rings. The number of aromatic amines is 1. The Hall–Kier alpha value is -3.60. The summed E-state index contributed by atoms with van der Waals surface area (Å²) >= 11 is 0. The zero-order valence-electron chi connectivity index (χ0n) is 14.7. The first-order valence-electron chi connectivity index (χ1n) is 8.83. The molecular formula is C22H19N3O2. The van der Waals surface area contributed by atoms with E-state index in [2.05, 4.69) is 15.3 Å². The first-order chi connectivity index (χ1) is 13.3. The lowest BCUT2D eigenvalue weighted by Gasteiger charge is -2.11. The molecule has 0 aliphatic heterocycles. The van der Waals surface area contributed by atoms with Crippen LogP contribution in [0.25, 0.3) is 11.0 Å². The molecule has 4 aromatic rings. The number of H-pyrrole nitrogens is 1. The molecule has 5 heteroatoms. The van der Waals surface area contributed by atoms with Crippen LogP contribution in [0.1, 0.15) is 16.2 Å². The summed E-state index contributed by atoms with van der Waals surface area (Å²) < 4.78 is 5.86. The number of benzene rings is 3. The summed E-state index contributed by atoms with van der Waals surface area (Å²) in [7, 11) is 0. The molecule has 0 atom stereocenters. The van der Waals surface area contributed by atoms with Gasteiger partial charge in [0.05, 0.1) is 16.6 Å². The van der Waals surface area contributed by atoms with E-state index in [1.165, 1.54) is 0 Å². The Labute approximate surface area is 157 Å². The highest BCUT2D eigenvalue weighted by Crippen LogP contribution is 2.24. The van der Waals surface area contributed by atoms with Crippen molar-refractivity contribution in [1.82, 2.24) is 15.3 Å². The fourth-order valence-electron chi connectivity index (χ4n) is 2.87. The van der Waals surface area contributed by atoms with Crippen LogP contribution in [-0.4, -0.2) is 22.4 Å². The summed E-state index contributed by atoms with van der Waals surface area (Å²) in [5.74, 6) is 1.91. The number of ether oxygens (including phenoxy) is 1. The highest BCUT2D eigenvalue weighted by atomic mass is 16.5. The molecule has 1 heterocycles. The largest absolute Gasteiger partial charge is 0.457 e. The third kappa shape index (κ3) is 3.98. The van der Waals surface area contributed by atoms with Crippen molar-refractivity contribution in [2.75, 3.05) is 6.54 Å². The van der Waals surface area contributed by atoms with Gasteiger partial charge in [-0.1, -0.05) is 42.5 Å². The minimum Gasteiger partial charge on any atom is -0.457 e. The molecule has 0 radical (unpaired) electrons. The quantitative estimate of drug-likeness (QED) is 0.540. The molecule has 5 nitrogen and oxygen atoms in total. The predicted octanol–water partition coefficient (Wildman–Crippen LogP) is 4.33. The maximum Gasteiger partial charge on any atom is 0.255 e. The summed E-state index contributed by atoms with van der Waals surface area (Å²) in [6.45, 7) is 0.484. The second kappa shape index (κ2) is 7.74. The Morgan fingerprint density at radius 2 is 1.67 bits per heavy atom. The topological polar surface area (TPSA) is 67.0 Å². The minimum absolute atomic E-state index is 0.169. The zero-order chi connectivity index (χ0) is 18.5. The van der Waals surface area contributed by atoms with Crippen molar-refractivity contribution in [3.8, 4) is 11.5 Å². The predicted molar refractivity (Wildman–Crippen MR) is 105 cm³/mol. The van der Waals surface area contributed by atoms with Gasteiger partial charge in [-0.2, -0.15) is 0 Å². The molecule has 3 aromatic carbocycles. The van der Waals surface area contributed by atoms with Crippen LogP contribution in [0.15, 0.2) is 78.9 Å². The summed E-state index contributed by atoms with van der Waals surface area (Å²) in [4.78, 5) is 20.4. The Kier molecular flexibility index (Phi) is 4.83. The van der Waals surface area contributed by atoms with Crippen LogP contribution in [0.5, 0.6) is 11.5 Å². The molecule has 1 aromatic heterocycles. The Morgan fingerprint density at radius 3 is 2.52 bits per heavy atom. The van der Waals surface area contributed by atoms with Gasteiger partial charge in [0.25, 0.3) is 5.91 Å². The van der Waals surface area contributed by atoms with Crippen LogP contribution < -0.4 is 10.1 Å². The van der Waals surface area contributed by atoms with E-state index in [0.717, 1.165) is 16.9 Å². The average molecular weight is 357 g/mol. The van der Waals surface area contributed by atoms with Crippen LogP contribution in [-0.2, 0) is 6.42 Å². The van der Waals surface area contributed by atoms with E-state index in [-0.39, 0.29) is 5.91 Å². The van der Waals surface area contributed by atoms with Crippen LogP contribution in [0, 0.1) is 0 Å². The molecule has 27 heavy (non-hydrogen) atoms. The van der Waals surface area contributed by atoms with Gasteiger partial charge >= 0.3 is 0 Å². The fourth-order valence-corrected chi connectivity index (χ4v) is 2.87. The van der Waals surface area contributed by atoms with Gasteiger partial charge in [-0.25, -0.2) is 4.98 Å². The zero-order valence-corrected chi connectivity index (χ0v) is 14.7. The summed E-state index contributed by atoms with van der Waals surface area (Å²) in [6, 6.07) is 24.5. The van der Waals surface area contributed by atoms with Crippen LogP contribution in [0.3, 0.4) is 0 Å². The van der Waals surface area contributed by atoms with Crippen LogP contribution >= 0.6 is 0 Å². The van der Waals surface area contributed by atoms with Crippen molar-refractivity contribution in [2.45, 2.75) is 6.42 Å². The number of para-hydroxylation sites is 4. The molecule has 0 fully saturated rings. The lowest BCUT2D eigenvalue weighted by Crippen LogP contribution is -2.26. The molecule has 0 saturated carbocycles. The summed E-state index contributed by atoms with van der Waals surface area (Å²) in [5.41, 5.74) is 2.44. The fraction of sp³-hybridized carbons (Fsp3) is 0.0909. The van der Waals surface area contributed by atoms with Gasteiger partial charge < -0.3 is 15.0 Å². The van der Waals surface area contributed by atoms with Crippen LogP contribution in [0.4, 0.5) is 0 Å². The molecule has 0 bridgehead atoms. The molecule has 134 valence electrons. The van der Waals surface area contributed by atoms with E-state index in [1.807, 2.05) is 66.7 Å². The van der Waals surface area contributed by atoms with E-state index < -0.39 is 0 Å². The maximum atomic E-state index is 12.6. The first kappa shape index (κ1) is 16.8. The van der Waals surface area contributed by atoms with E-state index in [0.29, 0.717) is 30.0 Å². The molecule has 1 amide bonds. The third-order valence-electron chi connectivity index (χ3n) is 4.19. The number of imidazole rings is 1.